The van der Waals surface area contributed by atoms with E-state index in [4.69, 9.17) is 34.6 Å². The van der Waals surface area contributed by atoms with Crippen molar-refractivity contribution in [3.63, 3.8) is 0 Å². The number of amidine groups is 4. The predicted octanol–water partition coefficient (Wildman–Crippen LogP) is 6.83. The second-order valence-electron chi connectivity index (χ2n) is 19.8. The zero-order chi connectivity index (χ0) is 45.3. The van der Waals surface area contributed by atoms with E-state index in [9.17, 15) is 8.91 Å². The van der Waals surface area contributed by atoms with Gasteiger partial charge in [-0.05, 0) is 0 Å². The first-order valence-electron chi connectivity index (χ1n) is 23.6. The monoisotopic (exact) mass is 932 g/mol. The molecule has 0 bridgehead atoms. The number of fused-ring (bicyclic) bond motifs is 12. The Bertz CT molecular complexity index is 3260. The van der Waals surface area contributed by atoms with Gasteiger partial charge >= 0.3 is 370 Å². The first-order valence-corrected chi connectivity index (χ1v) is 32.4. The zero-order valence-corrected chi connectivity index (χ0v) is 41.3. The van der Waals surface area contributed by atoms with Crippen molar-refractivity contribution >= 4 is 86.9 Å². The van der Waals surface area contributed by atoms with Gasteiger partial charge in [0.15, 0.2) is 0 Å². The maximum atomic E-state index is 11.7. The van der Waals surface area contributed by atoms with Crippen molar-refractivity contribution in [1.29, 1.82) is 0 Å². The van der Waals surface area contributed by atoms with E-state index in [0.29, 0.717) is 13.0 Å². The number of carbonyl (C=O) groups is 1. The molecule has 4 aromatic carbocycles. The molecule has 66 heavy (non-hydrogen) atoms. The van der Waals surface area contributed by atoms with Crippen molar-refractivity contribution in [2.24, 2.45) is 25.7 Å². The molecule has 3 N–H and O–H groups in total. The number of esters is 1. The van der Waals surface area contributed by atoms with E-state index in [1.165, 1.54) is 7.11 Å². The number of aromatic nitrogens is 2. The molecule has 338 valence electrons. The molecule has 0 atom stereocenters. The van der Waals surface area contributed by atoms with Gasteiger partial charge in [0.1, 0.15) is 0 Å². The molecule has 6 aromatic rings. The van der Waals surface area contributed by atoms with Crippen LogP contribution in [0.15, 0.2) is 117 Å². The Labute approximate surface area is 384 Å². The van der Waals surface area contributed by atoms with Gasteiger partial charge in [-0.1, -0.05) is 0 Å². The number of unbranched alkanes of at least 4 members (excludes halogenated alkanes) is 2. The Kier molecular flexibility index (Phi) is 8.90. The first-order chi connectivity index (χ1) is 31.9. The van der Waals surface area contributed by atoms with E-state index in [1.807, 2.05) is 0 Å². The maximum absolute atomic E-state index is 11.7. The second-order valence-corrected chi connectivity index (χ2v) is 34.1. The molecule has 6 aliphatic heterocycles. The van der Waals surface area contributed by atoms with Gasteiger partial charge in [0.25, 0.3) is 0 Å². The predicted molar refractivity (Wildman–Crippen MR) is 265 cm³/mol. The van der Waals surface area contributed by atoms with Crippen LogP contribution in [-0.2, 0) is 17.8 Å². The van der Waals surface area contributed by atoms with Gasteiger partial charge in [0, 0.05) is 0 Å². The van der Waals surface area contributed by atoms with Crippen LogP contribution in [0.1, 0.15) is 60.8 Å². The van der Waals surface area contributed by atoms with Crippen molar-refractivity contribution < 1.29 is 26.2 Å². The molecule has 0 fully saturated rings. The molecule has 0 unspecified atom stereocenters. The van der Waals surface area contributed by atoms with E-state index in [1.54, 1.807) is 0 Å². The Morgan fingerprint density at radius 1 is 0.606 bits per heavy atom. The molecule has 0 aliphatic carbocycles. The molecule has 2 aromatic heterocycles. The van der Waals surface area contributed by atoms with E-state index < -0.39 is 24.4 Å². The van der Waals surface area contributed by atoms with Crippen molar-refractivity contribution in [2.45, 2.75) is 76.8 Å². The third-order valence-corrected chi connectivity index (χ3v) is 31.4. The summed E-state index contributed by atoms with van der Waals surface area (Å²) in [5, 5.41) is 7.63. The third kappa shape index (κ3) is 5.05. The fourth-order valence-electron chi connectivity index (χ4n) is 12.4. The van der Waals surface area contributed by atoms with Crippen LogP contribution in [0.25, 0.3) is 21.5 Å². The molecular weight excluding hydrogens is 877 g/mol. The van der Waals surface area contributed by atoms with Crippen LogP contribution < -0.4 is 22.0 Å². The molecule has 1 spiro atoms. The summed E-state index contributed by atoms with van der Waals surface area (Å²) in [4.78, 5) is 35.0. The Balaban J connectivity index is 1.21. The summed E-state index contributed by atoms with van der Waals surface area (Å²) in [5.74, 6) is 4.38. The summed E-state index contributed by atoms with van der Waals surface area (Å²) in [7, 11) is -11.2. The third-order valence-electron chi connectivity index (χ3n) is 14.7. The molecule has 8 heterocycles. The topological polar surface area (TPSA) is 148 Å². The summed E-state index contributed by atoms with van der Waals surface area (Å²) < 4.78 is 32.7. The van der Waals surface area contributed by atoms with E-state index in [-0.39, 0.29) is 5.97 Å². The van der Waals surface area contributed by atoms with Crippen molar-refractivity contribution in [3.8, 4) is 0 Å². The molecule has 0 amide bonds. The van der Waals surface area contributed by atoms with Gasteiger partial charge in [0.05, 0.1) is 7.11 Å². The molecular formula is C49H56N10O4Si3. The van der Waals surface area contributed by atoms with E-state index in [2.05, 4.69) is 146 Å². The second kappa shape index (κ2) is 14.1. The SMILES string of the molecule is COC(=O)CCCCCNCCC[Si](C)(C)O[Si-2]123(O[Si](C)(C)CCCN)n4c5c6ccccc6c4N=C4c6ccccc6C(=[N+]41)N=c1c4ccccc4c(n12)=NC1=[N+]3C(=N5)c2ccccc21. The number of hydrogen-bond donors (Lipinski definition) is 2. The van der Waals surface area contributed by atoms with Crippen molar-refractivity contribution in [1.82, 2.24) is 13.8 Å². The van der Waals surface area contributed by atoms with Crippen molar-refractivity contribution in [3.05, 3.63) is 130 Å². The van der Waals surface area contributed by atoms with E-state index in [0.717, 1.165) is 147 Å². The summed E-state index contributed by atoms with van der Waals surface area (Å²) in [5.41, 5.74) is 11.8. The van der Waals surface area contributed by atoms with Gasteiger partial charge in [-0.3, -0.25) is 4.79 Å². The molecule has 0 saturated carbocycles. The molecule has 0 radical (unpaired) electrons. The number of nitrogens with zero attached hydrogens (tertiary/aromatic N) is 8. The molecule has 17 heteroatoms. The number of aliphatic imine (C=N–C) groups is 2. The van der Waals surface area contributed by atoms with Gasteiger partial charge in [-0.15, -0.1) is 0 Å². The van der Waals surface area contributed by atoms with Gasteiger partial charge < -0.3 is 4.74 Å². The van der Waals surface area contributed by atoms with Gasteiger partial charge in [0.2, 0.25) is 0 Å². The summed E-state index contributed by atoms with van der Waals surface area (Å²) in [6.07, 6.45) is 4.92. The van der Waals surface area contributed by atoms with E-state index >= 15 is 0 Å². The molecule has 14 nitrogen and oxygen atoms in total. The number of nitrogens with two attached hydrogens (primary N) is 1. The molecule has 0 saturated heterocycles. The van der Waals surface area contributed by atoms with Crippen LogP contribution in [0.3, 0.4) is 0 Å². The fraction of sp³-hybridized carbons (Fsp3) is 0.327. The molecule has 6 aliphatic rings. The zero-order valence-electron chi connectivity index (χ0n) is 38.3. The normalized spacial score (nSPS) is 19.1. The number of hydrogen-bond acceptors (Lipinski definition) is 10. The van der Waals surface area contributed by atoms with Gasteiger partial charge in [-0.25, -0.2) is 0 Å². The Morgan fingerprint density at radius 3 is 1.59 bits per heavy atom. The number of carbonyl (C=O) groups excluding carboxylic acids is 1. The minimum atomic E-state index is -6.67. The number of ether oxygens (including phenoxy) is 1. The summed E-state index contributed by atoms with van der Waals surface area (Å²) >= 11 is 0. The molecule has 12 rings (SSSR count). The van der Waals surface area contributed by atoms with Crippen LogP contribution in [0.4, 0.5) is 11.6 Å². The number of nitrogens with one attached hydrogen (secondary N) is 1. The van der Waals surface area contributed by atoms with Crippen molar-refractivity contribution in [2.75, 3.05) is 26.7 Å². The number of rotatable bonds is 17. The Morgan fingerprint density at radius 2 is 1.08 bits per heavy atom. The average Bonchev–Trinajstić information content (AvgIpc) is 4.03. The number of benzene rings is 4. The van der Waals surface area contributed by atoms with Crippen LogP contribution in [-0.4, -0.2) is 97.4 Å². The Hall–Kier alpha value is -5.80. The minimum absolute atomic E-state index is 0.150. The quantitative estimate of drug-likeness (QED) is 0.0583. The van der Waals surface area contributed by atoms with Crippen LogP contribution in [0.2, 0.25) is 38.3 Å². The van der Waals surface area contributed by atoms with Crippen LogP contribution >= 0.6 is 0 Å². The summed E-state index contributed by atoms with van der Waals surface area (Å²) in [6, 6.07) is 35.8. The summed E-state index contributed by atoms with van der Waals surface area (Å²) in [6.45, 7) is 11.7. The van der Waals surface area contributed by atoms with Gasteiger partial charge in [-0.2, -0.15) is 0 Å². The number of methoxy groups -OCH3 is 1. The fourth-order valence-corrected chi connectivity index (χ4v) is 34.7. The standard InChI is InChI=1S/C49H56N10O4Si3/c1-61-41(60)27-7-6-16-29-51-30-18-32-65(4,5)63-66(62-64(2,3)31-17-28-50)56-42-33-19-8-9-20-34(33)43(56)53-45-37-23-12-13-24-38(37)47(58(45)66)55-49-40-26-15-14-25-39(40)48(59(49)66)54-46-36-22-11-10-21-35(36)44(52-42)57(46)66/h8-15,19-26,51H,6-7,16-18,27-32,50H2,1-5H3. The first kappa shape index (κ1) is 41.6. The average molecular weight is 933 g/mol. The van der Waals surface area contributed by atoms with Crippen LogP contribution in [0, 0.1) is 0 Å². The van der Waals surface area contributed by atoms with Crippen LogP contribution in [0.5, 0.6) is 0 Å².